The Morgan fingerprint density at radius 3 is 2.48 bits per heavy atom. The maximum atomic E-state index is 14.7. The predicted molar refractivity (Wildman–Crippen MR) is 148 cm³/mol. The molecule has 40 heavy (non-hydrogen) atoms. The SMILES string of the molecule is COc1cccnc1CNC(=O)c1cc(NC(=O)c2cc(-c3ccccn3)c(F)cc2Cl)n(-c2ccccc2)n1. The van der Waals surface area contributed by atoms with E-state index in [2.05, 4.69) is 25.7 Å². The van der Waals surface area contributed by atoms with Crippen LogP contribution in [0.4, 0.5) is 10.2 Å². The minimum absolute atomic E-state index is 0.0257. The van der Waals surface area contributed by atoms with Crippen molar-refractivity contribution in [2.24, 2.45) is 0 Å². The number of rotatable bonds is 8. The second kappa shape index (κ2) is 11.7. The summed E-state index contributed by atoms with van der Waals surface area (Å²) in [5.41, 5.74) is 1.69. The number of amides is 2. The summed E-state index contributed by atoms with van der Waals surface area (Å²) in [6.07, 6.45) is 3.12. The van der Waals surface area contributed by atoms with Gasteiger partial charge in [-0.2, -0.15) is 5.10 Å². The molecular formula is C29H22ClFN6O3. The number of nitrogens with one attached hydrogen (secondary N) is 2. The van der Waals surface area contributed by atoms with Crippen molar-refractivity contribution in [3.63, 3.8) is 0 Å². The van der Waals surface area contributed by atoms with E-state index in [0.717, 1.165) is 6.07 Å². The van der Waals surface area contributed by atoms with Crippen molar-refractivity contribution >= 4 is 29.2 Å². The third-order valence-corrected chi connectivity index (χ3v) is 6.22. The molecule has 0 spiro atoms. The molecule has 0 unspecified atom stereocenters. The Bertz CT molecular complexity index is 1680. The van der Waals surface area contributed by atoms with Gasteiger partial charge in [0.15, 0.2) is 5.69 Å². The van der Waals surface area contributed by atoms with Gasteiger partial charge in [-0.3, -0.25) is 19.6 Å². The van der Waals surface area contributed by atoms with Gasteiger partial charge in [0.25, 0.3) is 11.8 Å². The Balaban J connectivity index is 1.44. The summed E-state index contributed by atoms with van der Waals surface area (Å²) in [4.78, 5) is 34.8. The maximum absolute atomic E-state index is 14.7. The molecule has 11 heteroatoms. The molecule has 3 heterocycles. The van der Waals surface area contributed by atoms with Crippen LogP contribution in [-0.2, 0) is 6.54 Å². The van der Waals surface area contributed by atoms with E-state index in [4.69, 9.17) is 16.3 Å². The average Bonchev–Trinajstić information content (AvgIpc) is 3.40. The molecule has 5 aromatic rings. The number of nitrogens with zero attached hydrogens (tertiary/aromatic N) is 4. The van der Waals surface area contributed by atoms with E-state index >= 15 is 0 Å². The highest BCUT2D eigenvalue weighted by molar-refractivity contribution is 6.34. The van der Waals surface area contributed by atoms with Gasteiger partial charge in [-0.1, -0.05) is 35.9 Å². The summed E-state index contributed by atoms with van der Waals surface area (Å²) in [7, 11) is 1.52. The van der Waals surface area contributed by atoms with E-state index in [1.54, 1.807) is 60.8 Å². The number of aromatic nitrogens is 4. The number of hydrogen-bond acceptors (Lipinski definition) is 6. The van der Waals surface area contributed by atoms with E-state index in [-0.39, 0.29) is 34.2 Å². The number of hydrogen-bond donors (Lipinski definition) is 2. The first-order chi connectivity index (χ1) is 19.4. The molecule has 200 valence electrons. The fourth-order valence-corrected chi connectivity index (χ4v) is 4.20. The zero-order valence-corrected chi connectivity index (χ0v) is 21.9. The zero-order chi connectivity index (χ0) is 28.1. The molecule has 0 bridgehead atoms. The number of halogens is 2. The number of para-hydroxylation sites is 1. The van der Waals surface area contributed by atoms with Gasteiger partial charge in [-0.05, 0) is 48.5 Å². The molecule has 0 aliphatic heterocycles. The lowest BCUT2D eigenvalue weighted by Gasteiger charge is -2.11. The molecule has 0 atom stereocenters. The minimum Gasteiger partial charge on any atom is -0.495 e. The molecule has 2 N–H and O–H groups in total. The number of anilines is 1. The molecule has 0 saturated heterocycles. The molecule has 2 aromatic carbocycles. The highest BCUT2D eigenvalue weighted by Gasteiger charge is 2.21. The van der Waals surface area contributed by atoms with Crippen LogP contribution in [0.5, 0.6) is 5.75 Å². The third-order valence-electron chi connectivity index (χ3n) is 5.91. The molecule has 0 aliphatic carbocycles. The minimum atomic E-state index is -0.621. The van der Waals surface area contributed by atoms with E-state index in [0.29, 0.717) is 22.8 Å². The number of carbonyl (C=O) groups excluding carboxylic acids is 2. The van der Waals surface area contributed by atoms with Gasteiger partial charge in [0, 0.05) is 24.0 Å². The van der Waals surface area contributed by atoms with E-state index in [1.807, 2.05) is 6.07 Å². The van der Waals surface area contributed by atoms with Crippen LogP contribution in [0, 0.1) is 5.82 Å². The van der Waals surface area contributed by atoms with Crippen molar-refractivity contribution in [2.75, 3.05) is 12.4 Å². The first-order valence-corrected chi connectivity index (χ1v) is 12.5. The first-order valence-electron chi connectivity index (χ1n) is 12.1. The van der Waals surface area contributed by atoms with Crippen LogP contribution in [0.1, 0.15) is 26.5 Å². The average molecular weight is 557 g/mol. The van der Waals surface area contributed by atoms with Crippen LogP contribution >= 0.6 is 11.6 Å². The molecule has 0 saturated carbocycles. The van der Waals surface area contributed by atoms with Gasteiger partial charge < -0.3 is 15.4 Å². The molecule has 0 aliphatic rings. The predicted octanol–water partition coefficient (Wildman–Crippen LogP) is 5.31. The van der Waals surface area contributed by atoms with Gasteiger partial charge in [-0.25, -0.2) is 9.07 Å². The lowest BCUT2D eigenvalue weighted by molar-refractivity contribution is 0.0944. The van der Waals surface area contributed by atoms with Crippen molar-refractivity contribution in [2.45, 2.75) is 6.54 Å². The highest BCUT2D eigenvalue weighted by Crippen LogP contribution is 2.28. The lowest BCUT2D eigenvalue weighted by Crippen LogP contribution is -2.24. The molecule has 0 radical (unpaired) electrons. The fourth-order valence-electron chi connectivity index (χ4n) is 3.97. The number of benzene rings is 2. The van der Waals surface area contributed by atoms with Crippen molar-refractivity contribution in [1.82, 2.24) is 25.1 Å². The summed E-state index contributed by atoms with van der Waals surface area (Å²) >= 11 is 6.26. The van der Waals surface area contributed by atoms with Gasteiger partial charge in [0.1, 0.15) is 23.1 Å². The second-order valence-electron chi connectivity index (χ2n) is 8.48. The lowest BCUT2D eigenvalue weighted by atomic mass is 10.1. The molecule has 5 rings (SSSR count). The van der Waals surface area contributed by atoms with Gasteiger partial charge >= 0.3 is 0 Å². The van der Waals surface area contributed by atoms with Crippen LogP contribution in [0.3, 0.4) is 0 Å². The van der Waals surface area contributed by atoms with Crippen molar-refractivity contribution in [3.8, 4) is 22.7 Å². The van der Waals surface area contributed by atoms with Gasteiger partial charge in [0.2, 0.25) is 0 Å². The Morgan fingerprint density at radius 1 is 0.950 bits per heavy atom. The van der Waals surface area contributed by atoms with Gasteiger partial charge in [0.05, 0.1) is 35.6 Å². The number of pyridine rings is 2. The molecule has 9 nitrogen and oxygen atoms in total. The first kappa shape index (κ1) is 26.5. The second-order valence-corrected chi connectivity index (χ2v) is 8.89. The molecule has 3 aromatic heterocycles. The van der Waals surface area contributed by atoms with Gasteiger partial charge in [-0.15, -0.1) is 0 Å². The number of ether oxygens (including phenoxy) is 1. The monoisotopic (exact) mass is 556 g/mol. The maximum Gasteiger partial charge on any atom is 0.272 e. The smallest absolute Gasteiger partial charge is 0.272 e. The summed E-state index contributed by atoms with van der Waals surface area (Å²) in [6.45, 7) is 0.101. The summed E-state index contributed by atoms with van der Waals surface area (Å²) in [5, 5.41) is 9.86. The van der Waals surface area contributed by atoms with E-state index < -0.39 is 17.6 Å². The van der Waals surface area contributed by atoms with E-state index in [9.17, 15) is 14.0 Å². The van der Waals surface area contributed by atoms with E-state index in [1.165, 1.54) is 30.1 Å². The standard InChI is InChI=1S/C29H22ClFN6O3/c1-40-26-11-7-13-33-25(26)17-34-29(39)24-16-27(37(36-24)18-8-3-2-4-9-18)35-28(38)19-14-20(22(31)15-21(19)30)23-10-5-6-12-32-23/h2-16H,17H2,1H3,(H,34,39)(H,35,38). The van der Waals surface area contributed by atoms with Crippen LogP contribution < -0.4 is 15.4 Å². The largest absolute Gasteiger partial charge is 0.495 e. The van der Waals surface area contributed by atoms with Crippen LogP contribution in [0.15, 0.2) is 91.3 Å². The Labute approximate surface area is 233 Å². The Kier molecular flexibility index (Phi) is 7.79. The number of carbonyl (C=O) groups is 2. The van der Waals surface area contributed by atoms with Crippen LogP contribution in [-0.4, -0.2) is 38.7 Å². The Hall–Kier alpha value is -5.09. The molecule has 0 fully saturated rings. The van der Waals surface area contributed by atoms with Crippen LogP contribution in [0.2, 0.25) is 5.02 Å². The summed E-state index contributed by atoms with van der Waals surface area (Å²) < 4.78 is 21.4. The quantitative estimate of drug-likeness (QED) is 0.268. The summed E-state index contributed by atoms with van der Waals surface area (Å²) in [5.74, 6) is -0.985. The van der Waals surface area contributed by atoms with Crippen molar-refractivity contribution in [3.05, 3.63) is 119 Å². The van der Waals surface area contributed by atoms with Crippen molar-refractivity contribution < 1.29 is 18.7 Å². The topological polar surface area (TPSA) is 111 Å². The molecular weight excluding hydrogens is 535 g/mol. The third kappa shape index (κ3) is 5.67. The zero-order valence-electron chi connectivity index (χ0n) is 21.1. The van der Waals surface area contributed by atoms with Crippen molar-refractivity contribution in [1.29, 1.82) is 0 Å². The fraction of sp³-hybridized carbons (Fsp3) is 0.0690. The van der Waals surface area contributed by atoms with Crippen LogP contribution in [0.25, 0.3) is 16.9 Å². The summed E-state index contributed by atoms with van der Waals surface area (Å²) in [6, 6.07) is 21.3. The Morgan fingerprint density at radius 2 is 1.73 bits per heavy atom. The normalized spacial score (nSPS) is 10.7. The number of methoxy groups -OCH3 is 1. The molecule has 2 amide bonds. The highest BCUT2D eigenvalue weighted by atomic mass is 35.5.